The maximum Gasteiger partial charge on any atom is 0.165 e. The Kier molecular flexibility index (Phi) is 7.42. The van der Waals surface area contributed by atoms with E-state index >= 15 is 0 Å². The highest BCUT2D eigenvalue weighted by Gasteiger charge is 2.21. The van der Waals surface area contributed by atoms with Crippen molar-refractivity contribution >= 4 is 13.9 Å². The highest BCUT2D eigenvalue weighted by molar-refractivity contribution is 6.83. The van der Waals surface area contributed by atoms with Gasteiger partial charge in [-0.1, -0.05) is 55.9 Å². The van der Waals surface area contributed by atoms with E-state index in [1.54, 1.807) is 0 Å². The van der Waals surface area contributed by atoms with Crippen molar-refractivity contribution in [2.75, 3.05) is 0 Å². The van der Waals surface area contributed by atoms with Gasteiger partial charge in [-0.3, -0.25) is 4.79 Å². The third-order valence-electron chi connectivity index (χ3n) is 2.96. The minimum absolute atomic E-state index is 0.0121. The molecule has 0 unspecified atom stereocenters. The quantitative estimate of drug-likeness (QED) is 0.446. The summed E-state index contributed by atoms with van der Waals surface area (Å²) in [5, 5.41) is 0. The Hall–Kier alpha value is -1.37. The van der Waals surface area contributed by atoms with Crippen LogP contribution in [-0.2, 0) is 9.53 Å². The van der Waals surface area contributed by atoms with Crippen LogP contribution in [0, 0.1) is 11.5 Å². The Morgan fingerprint density at radius 1 is 1.38 bits per heavy atom. The minimum Gasteiger partial charge on any atom is -0.362 e. The summed E-state index contributed by atoms with van der Waals surface area (Å²) in [5.41, 5.74) is 3.28. The minimum atomic E-state index is -1.33. The molecule has 0 amide bonds. The molecule has 1 aliphatic rings. The Bertz CT molecular complexity index is 484. The predicted octanol–water partition coefficient (Wildman–Crippen LogP) is 4.06. The molecule has 0 radical (unpaired) electrons. The molecular formula is C18H26O2Si. The smallest absolute Gasteiger partial charge is 0.165 e. The molecule has 0 aromatic rings. The monoisotopic (exact) mass is 302 g/mol. The van der Waals surface area contributed by atoms with E-state index in [9.17, 15) is 4.79 Å². The van der Waals surface area contributed by atoms with Gasteiger partial charge >= 0.3 is 0 Å². The Labute approximate surface area is 130 Å². The molecule has 21 heavy (non-hydrogen) atoms. The first-order valence-corrected chi connectivity index (χ1v) is 11.1. The van der Waals surface area contributed by atoms with Gasteiger partial charge in [0.25, 0.3) is 0 Å². The van der Waals surface area contributed by atoms with Crippen LogP contribution in [0.1, 0.15) is 26.2 Å². The van der Waals surface area contributed by atoms with Crippen molar-refractivity contribution in [1.82, 2.24) is 0 Å². The van der Waals surface area contributed by atoms with E-state index in [4.69, 9.17) is 4.74 Å². The third kappa shape index (κ3) is 7.84. The van der Waals surface area contributed by atoms with Crippen LogP contribution in [0.25, 0.3) is 0 Å². The van der Waals surface area contributed by atoms with Crippen molar-refractivity contribution in [3.05, 3.63) is 36.5 Å². The number of hydrogen-bond donors (Lipinski definition) is 0. The van der Waals surface area contributed by atoms with E-state index in [0.717, 1.165) is 6.42 Å². The van der Waals surface area contributed by atoms with Crippen molar-refractivity contribution in [2.24, 2.45) is 0 Å². The number of hydrogen-bond acceptors (Lipinski definition) is 2. The van der Waals surface area contributed by atoms with Gasteiger partial charge in [-0.2, -0.15) is 0 Å². The van der Waals surface area contributed by atoms with Gasteiger partial charge in [0.15, 0.2) is 5.78 Å². The molecule has 0 spiro atoms. The summed E-state index contributed by atoms with van der Waals surface area (Å²) in [6, 6.07) is 0. The maximum absolute atomic E-state index is 12.1. The first-order valence-electron chi connectivity index (χ1n) is 7.56. The predicted molar refractivity (Wildman–Crippen MR) is 91.7 cm³/mol. The topological polar surface area (TPSA) is 26.3 Å². The molecule has 1 rings (SSSR count). The van der Waals surface area contributed by atoms with Gasteiger partial charge < -0.3 is 4.74 Å². The van der Waals surface area contributed by atoms with E-state index in [0.29, 0.717) is 12.8 Å². The molecule has 0 aliphatic carbocycles. The van der Waals surface area contributed by atoms with Crippen LogP contribution in [0.2, 0.25) is 19.6 Å². The summed E-state index contributed by atoms with van der Waals surface area (Å²) >= 11 is 0. The van der Waals surface area contributed by atoms with E-state index in [1.807, 2.05) is 43.4 Å². The fourth-order valence-corrected chi connectivity index (χ4v) is 2.45. The van der Waals surface area contributed by atoms with Crippen molar-refractivity contribution in [2.45, 2.75) is 58.0 Å². The molecular weight excluding hydrogens is 276 g/mol. The molecule has 1 heterocycles. The van der Waals surface area contributed by atoms with Crippen LogP contribution < -0.4 is 0 Å². The third-order valence-corrected chi connectivity index (χ3v) is 3.85. The normalized spacial score (nSPS) is 25.4. The molecule has 2 atom stereocenters. The fraction of sp³-hybridized carbons (Fsp3) is 0.500. The second-order valence-corrected chi connectivity index (χ2v) is 11.0. The average molecular weight is 302 g/mol. The largest absolute Gasteiger partial charge is 0.362 e. The van der Waals surface area contributed by atoms with Crippen LogP contribution in [0.5, 0.6) is 0 Å². The van der Waals surface area contributed by atoms with Crippen LogP contribution in [0.15, 0.2) is 36.5 Å². The van der Waals surface area contributed by atoms with Gasteiger partial charge in [-0.15, -0.1) is 5.54 Å². The van der Waals surface area contributed by atoms with E-state index < -0.39 is 8.07 Å². The van der Waals surface area contributed by atoms with Gasteiger partial charge in [0.05, 0.1) is 6.10 Å². The lowest BCUT2D eigenvalue weighted by molar-refractivity contribution is -0.132. The summed E-state index contributed by atoms with van der Waals surface area (Å²) in [7, 11) is -1.33. The molecule has 3 heteroatoms. The maximum atomic E-state index is 12.1. The standard InChI is InChI=1S/C18H26O2Si/c1-5-11-16-12-8-9-13-17(19)18(20-16)14-7-6-10-15-21(2,3)4/h5-9,11,16,18H,12-14H2,1-4H3/b7-6+,9-8-,11-5+/t16-,18+/m0/s1. The van der Waals surface area contributed by atoms with Crippen molar-refractivity contribution < 1.29 is 9.53 Å². The zero-order chi connectivity index (χ0) is 15.7. The number of ketones is 1. The van der Waals surface area contributed by atoms with Crippen LogP contribution >= 0.6 is 0 Å². The lowest BCUT2D eigenvalue weighted by atomic mass is 10.0. The summed E-state index contributed by atoms with van der Waals surface area (Å²) in [4.78, 5) is 12.1. The summed E-state index contributed by atoms with van der Waals surface area (Å²) in [5.74, 6) is 3.22. The molecule has 0 aromatic carbocycles. The van der Waals surface area contributed by atoms with E-state index in [-0.39, 0.29) is 18.0 Å². The summed E-state index contributed by atoms with van der Waals surface area (Å²) in [6.45, 7) is 8.60. The Balaban J connectivity index is 2.64. The molecule has 0 bridgehead atoms. The molecule has 0 saturated carbocycles. The van der Waals surface area contributed by atoms with Gasteiger partial charge in [-0.25, -0.2) is 0 Å². The number of Topliss-reactive ketones (excluding diaryl/α,β-unsaturated/α-hetero) is 1. The second kappa shape index (κ2) is 8.81. The van der Waals surface area contributed by atoms with E-state index in [1.165, 1.54) is 0 Å². The Morgan fingerprint density at radius 3 is 2.81 bits per heavy atom. The molecule has 114 valence electrons. The Morgan fingerprint density at radius 2 is 2.14 bits per heavy atom. The van der Waals surface area contributed by atoms with Crippen molar-refractivity contribution in [3.63, 3.8) is 0 Å². The zero-order valence-corrected chi connectivity index (χ0v) is 14.6. The van der Waals surface area contributed by atoms with Gasteiger partial charge in [0, 0.05) is 6.42 Å². The molecule has 0 fully saturated rings. The first-order chi connectivity index (χ1) is 9.92. The number of ether oxygens (including phenoxy) is 1. The number of carbonyl (C=O) groups excluding carboxylic acids is 1. The lowest BCUT2D eigenvalue weighted by Gasteiger charge is -2.21. The number of rotatable bonds is 3. The SMILES string of the molecule is C/C=C/[C@H]1C/C=C\CC(=O)[C@@H](C/C=C/C#C[Si](C)(C)C)O1. The second-order valence-electron chi connectivity index (χ2n) is 6.22. The van der Waals surface area contributed by atoms with Crippen molar-refractivity contribution in [3.8, 4) is 11.5 Å². The fourth-order valence-electron chi connectivity index (χ4n) is 1.94. The molecule has 0 N–H and O–H groups in total. The van der Waals surface area contributed by atoms with Crippen molar-refractivity contribution in [1.29, 1.82) is 0 Å². The van der Waals surface area contributed by atoms with Crippen LogP contribution in [0.4, 0.5) is 0 Å². The van der Waals surface area contributed by atoms with Gasteiger partial charge in [0.1, 0.15) is 14.2 Å². The molecule has 0 saturated heterocycles. The number of carbonyl (C=O) groups is 1. The zero-order valence-electron chi connectivity index (χ0n) is 13.6. The lowest BCUT2D eigenvalue weighted by Crippen LogP contribution is -2.29. The summed E-state index contributed by atoms with van der Waals surface area (Å²) in [6.07, 6.45) is 13.3. The highest BCUT2D eigenvalue weighted by atomic mass is 28.3. The van der Waals surface area contributed by atoms with Crippen LogP contribution in [0.3, 0.4) is 0 Å². The first kappa shape index (κ1) is 17.7. The van der Waals surface area contributed by atoms with Gasteiger partial charge in [0.2, 0.25) is 0 Å². The molecule has 1 aliphatic heterocycles. The molecule has 2 nitrogen and oxygen atoms in total. The van der Waals surface area contributed by atoms with Crippen LogP contribution in [-0.4, -0.2) is 26.1 Å². The highest BCUT2D eigenvalue weighted by Crippen LogP contribution is 2.15. The van der Waals surface area contributed by atoms with Gasteiger partial charge in [-0.05, 0) is 25.8 Å². The number of allylic oxidation sites excluding steroid dienone is 3. The van der Waals surface area contributed by atoms with E-state index in [2.05, 4.69) is 31.1 Å². The average Bonchev–Trinajstić information content (AvgIpc) is 2.38. The summed E-state index contributed by atoms with van der Waals surface area (Å²) < 4.78 is 5.91. The molecule has 0 aromatic heterocycles.